The quantitative estimate of drug-likeness (QED) is 0.512. The number of nitriles is 1. The van der Waals surface area contributed by atoms with Gasteiger partial charge in [0.1, 0.15) is 11.4 Å². The first-order chi connectivity index (χ1) is 13.7. The molecular formula is C24H25N3O. The van der Waals surface area contributed by atoms with Crippen molar-refractivity contribution in [1.29, 1.82) is 5.26 Å². The van der Waals surface area contributed by atoms with E-state index in [4.69, 9.17) is 11.3 Å². The second kappa shape index (κ2) is 7.95. The fourth-order valence-electron chi connectivity index (χ4n) is 4.54. The molecule has 4 rings (SSSR count). The maximum Gasteiger partial charge on any atom is 0.265 e. The van der Waals surface area contributed by atoms with Gasteiger partial charge in [0, 0.05) is 25.2 Å². The fraction of sp³-hybridized carbons (Fsp3) is 0.417. The standard InChI is InChI=1S/C24H25N3O/c1-26-23(18-25)20-16-22(28-24(17-20)12-2-3-13-24)11-8-19-6-9-21(10-7-19)27-14-4-5-15-27/h6-11,16H,2-5,12-15,17H2. The van der Waals surface area contributed by atoms with Gasteiger partial charge in [0.25, 0.3) is 5.70 Å². The summed E-state index contributed by atoms with van der Waals surface area (Å²) >= 11 is 0. The maximum absolute atomic E-state index is 9.31. The van der Waals surface area contributed by atoms with Crippen LogP contribution in [0.5, 0.6) is 0 Å². The summed E-state index contributed by atoms with van der Waals surface area (Å²) in [5.41, 5.74) is 3.17. The topological polar surface area (TPSA) is 40.6 Å². The molecule has 1 saturated heterocycles. The Morgan fingerprint density at radius 3 is 2.46 bits per heavy atom. The number of nitrogens with zero attached hydrogens (tertiary/aromatic N) is 3. The minimum Gasteiger partial charge on any atom is -0.487 e. The van der Waals surface area contributed by atoms with Crippen molar-refractivity contribution in [2.75, 3.05) is 18.0 Å². The molecule has 0 bridgehead atoms. The van der Waals surface area contributed by atoms with Crippen molar-refractivity contribution in [3.63, 3.8) is 0 Å². The molecule has 1 saturated carbocycles. The van der Waals surface area contributed by atoms with E-state index in [9.17, 15) is 5.26 Å². The van der Waals surface area contributed by atoms with Crippen LogP contribution in [0, 0.1) is 17.9 Å². The summed E-state index contributed by atoms with van der Waals surface area (Å²) in [5, 5.41) is 9.31. The van der Waals surface area contributed by atoms with E-state index in [-0.39, 0.29) is 11.3 Å². The summed E-state index contributed by atoms with van der Waals surface area (Å²) in [6.45, 7) is 9.60. The predicted octanol–water partition coefficient (Wildman–Crippen LogP) is 5.61. The summed E-state index contributed by atoms with van der Waals surface area (Å²) in [6.07, 6.45) is 13.4. The Hall–Kier alpha value is -2.98. The molecule has 1 aromatic carbocycles. The van der Waals surface area contributed by atoms with E-state index in [1.165, 1.54) is 18.5 Å². The predicted molar refractivity (Wildman–Crippen MR) is 111 cm³/mol. The van der Waals surface area contributed by atoms with Crippen LogP contribution in [0.4, 0.5) is 5.69 Å². The van der Waals surface area contributed by atoms with E-state index >= 15 is 0 Å². The van der Waals surface area contributed by atoms with Crippen LogP contribution in [0.2, 0.25) is 0 Å². The number of ether oxygens (including phenoxy) is 1. The highest BCUT2D eigenvalue weighted by atomic mass is 16.5. The first-order valence-electron chi connectivity index (χ1n) is 10.2. The zero-order chi connectivity index (χ0) is 19.4. The van der Waals surface area contributed by atoms with E-state index < -0.39 is 0 Å². The molecular weight excluding hydrogens is 346 g/mol. The van der Waals surface area contributed by atoms with E-state index in [0.717, 1.165) is 55.7 Å². The van der Waals surface area contributed by atoms with Gasteiger partial charge in [0.05, 0.1) is 12.6 Å². The SMILES string of the molecule is [C-]#[N+]C(C#N)=C1C=C(C=Cc2ccc(N3CCCC3)cc2)OC2(CCCC2)C1. The molecule has 0 atom stereocenters. The Bertz CT molecular complexity index is 881. The van der Waals surface area contributed by atoms with Crippen molar-refractivity contribution < 1.29 is 4.74 Å². The van der Waals surface area contributed by atoms with E-state index in [2.05, 4.69) is 46.2 Å². The summed E-state index contributed by atoms with van der Waals surface area (Å²) in [7, 11) is 0. The molecule has 1 aliphatic carbocycles. The molecule has 142 valence electrons. The molecule has 4 heteroatoms. The molecule has 0 unspecified atom stereocenters. The third-order valence-electron chi connectivity index (χ3n) is 6.00. The highest BCUT2D eigenvalue weighted by molar-refractivity contribution is 5.58. The average molecular weight is 371 g/mol. The van der Waals surface area contributed by atoms with Crippen molar-refractivity contribution in [2.45, 2.75) is 50.5 Å². The fourth-order valence-corrected chi connectivity index (χ4v) is 4.54. The lowest BCUT2D eigenvalue weighted by Gasteiger charge is -2.35. The van der Waals surface area contributed by atoms with Crippen LogP contribution in [0.25, 0.3) is 10.9 Å². The van der Waals surface area contributed by atoms with Crippen molar-refractivity contribution in [2.24, 2.45) is 0 Å². The van der Waals surface area contributed by atoms with Gasteiger partial charge in [-0.05, 0) is 73.9 Å². The van der Waals surface area contributed by atoms with Gasteiger partial charge in [-0.1, -0.05) is 18.2 Å². The third-order valence-corrected chi connectivity index (χ3v) is 6.00. The first kappa shape index (κ1) is 18.4. The maximum atomic E-state index is 9.31. The van der Waals surface area contributed by atoms with Gasteiger partial charge < -0.3 is 9.64 Å². The lowest BCUT2D eigenvalue weighted by atomic mass is 9.88. The van der Waals surface area contributed by atoms with Crippen LogP contribution in [0.1, 0.15) is 50.5 Å². The molecule has 4 nitrogen and oxygen atoms in total. The smallest absolute Gasteiger partial charge is 0.265 e. The van der Waals surface area contributed by atoms with Crippen LogP contribution in [0.15, 0.2) is 53.4 Å². The number of allylic oxidation sites excluding steroid dienone is 3. The normalized spacial score (nSPS) is 22.6. The molecule has 2 heterocycles. The third kappa shape index (κ3) is 3.82. The zero-order valence-electron chi connectivity index (χ0n) is 16.2. The molecule has 3 aliphatic rings. The zero-order valence-corrected chi connectivity index (χ0v) is 16.2. The molecule has 0 radical (unpaired) electrons. The van der Waals surface area contributed by atoms with Crippen LogP contribution < -0.4 is 4.90 Å². The average Bonchev–Trinajstić information content (AvgIpc) is 3.40. The minimum absolute atomic E-state index is 0.190. The Kier molecular flexibility index (Phi) is 5.22. The first-order valence-corrected chi connectivity index (χ1v) is 10.2. The van der Waals surface area contributed by atoms with Gasteiger partial charge in [-0.2, -0.15) is 0 Å². The second-order valence-corrected chi connectivity index (χ2v) is 7.93. The number of hydrogen-bond donors (Lipinski definition) is 0. The van der Waals surface area contributed by atoms with Crippen molar-refractivity contribution >= 4 is 11.8 Å². The van der Waals surface area contributed by atoms with Gasteiger partial charge in [-0.3, -0.25) is 0 Å². The highest BCUT2D eigenvalue weighted by Gasteiger charge is 2.39. The summed E-state index contributed by atoms with van der Waals surface area (Å²) < 4.78 is 6.35. The van der Waals surface area contributed by atoms with Crippen LogP contribution in [-0.2, 0) is 4.74 Å². The van der Waals surface area contributed by atoms with Crippen molar-refractivity contribution in [3.8, 4) is 6.07 Å². The molecule has 0 amide bonds. The molecule has 0 N–H and O–H groups in total. The van der Waals surface area contributed by atoms with E-state index in [1.54, 1.807) is 0 Å². The monoisotopic (exact) mass is 371 g/mol. The Labute approximate surface area is 167 Å². The summed E-state index contributed by atoms with van der Waals surface area (Å²) in [4.78, 5) is 5.85. The van der Waals surface area contributed by atoms with Crippen LogP contribution in [0.3, 0.4) is 0 Å². The minimum atomic E-state index is -0.240. The van der Waals surface area contributed by atoms with E-state index in [1.807, 2.05) is 12.2 Å². The summed E-state index contributed by atoms with van der Waals surface area (Å²) in [5.74, 6) is 0.753. The molecule has 2 aliphatic heterocycles. The largest absolute Gasteiger partial charge is 0.487 e. The van der Waals surface area contributed by atoms with Gasteiger partial charge in [0.2, 0.25) is 0 Å². The van der Waals surface area contributed by atoms with Crippen LogP contribution in [-0.4, -0.2) is 18.7 Å². The lowest BCUT2D eigenvalue weighted by Crippen LogP contribution is -2.31. The number of rotatable bonds is 3. The van der Waals surface area contributed by atoms with Gasteiger partial charge in [-0.15, -0.1) is 0 Å². The highest BCUT2D eigenvalue weighted by Crippen LogP contribution is 2.44. The molecule has 2 fully saturated rings. The molecule has 28 heavy (non-hydrogen) atoms. The number of benzene rings is 1. The Balaban J connectivity index is 1.56. The second-order valence-electron chi connectivity index (χ2n) is 7.93. The number of anilines is 1. The van der Waals surface area contributed by atoms with Crippen molar-refractivity contribution in [3.05, 3.63) is 70.4 Å². The van der Waals surface area contributed by atoms with Gasteiger partial charge in [0.15, 0.2) is 0 Å². The molecule has 1 spiro atoms. The van der Waals surface area contributed by atoms with Gasteiger partial charge in [-0.25, -0.2) is 10.1 Å². The molecule has 1 aromatic rings. The lowest BCUT2D eigenvalue weighted by molar-refractivity contribution is 0.00776. The van der Waals surface area contributed by atoms with Gasteiger partial charge >= 0.3 is 0 Å². The Morgan fingerprint density at radius 2 is 1.82 bits per heavy atom. The van der Waals surface area contributed by atoms with Crippen LogP contribution >= 0.6 is 0 Å². The Morgan fingerprint density at radius 1 is 1.11 bits per heavy atom. The van der Waals surface area contributed by atoms with Crippen molar-refractivity contribution in [1.82, 2.24) is 0 Å². The number of hydrogen-bond acceptors (Lipinski definition) is 3. The summed E-state index contributed by atoms with van der Waals surface area (Å²) in [6, 6.07) is 10.7. The molecule has 0 aromatic heterocycles. The van der Waals surface area contributed by atoms with E-state index in [0.29, 0.717) is 6.42 Å².